The Morgan fingerprint density at radius 3 is 2.19 bits per heavy atom. The molecule has 1 saturated heterocycles. The van der Waals surface area contributed by atoms with Gasteiger partial charge in [-0.1, -0.05) is 17.7 Å². The highest BCUT2D eigenvalue weighted by molar-refractivity contribution is 6.30. The van der Waals surface area contributed by atoms with Crippen LogP contribution in [0.4, 0.5) is 17.1 Å². The number of rotatable bonds is 2. The zero-order valence-corrected chi connectivity index (χ0v) is 13.0. The molecule has 3 nitrogen and oxygen atoms in total. The third-order valence-electron chi connectivity index (χ3n) is 3.90. The van der Waals surface area contributed by atoms with Gasteiger partial charge in [-0.3, -0.25) is 0 Å². The van der Waals surface area contributed by atoms with Crippen molar-refractivity contribution in [3.8, 4) is 0 Å². The predicted molar refractivity (Wildman–Crippen MR) is 91.5 cm³/mol. The summed E-state index contributed by atoms with van der Waals surface area (Å²) in [4.78, 5) is 4.77. The Kier molecular flexibility index (Phi) is 3.93. The molecule has 2 aromatic carbocycles. The normalized spacial score (nSPS) is 15.3. The van der Waals surface area contributed by atoms with Gasteiger partial charge >= 0.3 is 0 Å². The molecule has 0 unspecified atom stereocenters. The molecule has 110 valence electrons. The first kappa shape index (κ1) is 14.1. The van der Waals surface area contributed by atoms with E-state index in [0.717, 1.165) is 36.9 Å². The smallest absolute Gasteiger partial charge is 0.0426 e. The van der Waals surface area contributed by atoms with Crippen LogP contribution in [0.25, 0.3) is 0 Å². The highest BCUT2D eigenvalue weighted by Gasteiger charge is 2.18. The van der Waals surface area contributed by atoms with Crippen LogP contribution in [0.5, 0.6) is 0 Å². The van der Waals surface area contributed by atoms with Crippen LogP contribution in [0.2, 0.25) is 5.02 Å². The van der Waals surface area contributed by atoms with E-state index in [9.17, 15) is 0 Å². The molecular weight excluding hydrogens is 282 g/mol. The Morgan fingerprint density at radius 2 is 1.57 bits per heavy atom. The molecule has 1 aliphatic heterocycles. The van der Waals surface area contributed by atoms with Crippen molar-refractivity contribution in [3.05, 3.63) is 53.1 Å². The molecule has 1 aliphatic rings. The number of nitrogens with zero attached hydrogens (tertiary/aromatic N) is 2. The summed E-state index contributed by atoms with van der Waals surface area (Å²) in [7, 11) is 0. The zero-order chi connectivity index (χ0) is 14.8. The van der Waals surface area contributed by atoms with Crippen molar-refractivity contribution in [2.24, 2.45) is 0 Å². The van der Waals surface area contributed by atoms with Gasteiger partial charge in [0.05, 0.1) is 0 Å². The monoisotopic (exact) mass is 301 g/mol. The Morgan fingerprint density at radius 1 is 0.905 bits per heavy atom. The lowest BCUT2D eigenvalue weighted by Crippen LogP contribution is -2.46. The van der Waals surface area contributed by atoms with E-state index in [-0.39, 0.29) is 0 Å². The summed E-state index contributed by atoms with van der Waals surface area (Å²) in [6, 6.07) is 14.3. The summed E-state index contributed by atoms with van der Waals surface area (Å²) in [5.74, 6) is 0. The van der Waals surface area contributed by atoms with E-state index in [1.54, 1.807) is 0 Å². The van der Waals surface area contributed by atoms with Crippen molar-refractivity contribution in [3.63, 3.8) is 0 Å². The van der Waals surface area contributed by atoms with Gasteiger partial charge < -0.3 is 15.5 Å². The number of hydrogen-bond donors (Lipinski definition) is 1. The van der Waals surface area contributed by atoms with E-state index in [2.05, 4.69) is 34.9 Å². The summed E-state index contributed by atoms with van der Waals surface area (Å²) in [6.07, 6.45) is 0. The van der Waals surface area contributed by atoms with Crippen molar-refractivity contribution in [1.29, 1.82) is 0 Å². The third kappa shape index (κ3) is 3.24. The van der Waals surface area contributed by atoms with Gasteiger partial charge in [-0.25, -0.2) is 0 Å². The topological polar surface area (TPSA) is 32.5 Å². The lowest BCUT2D eigenvalue weighted by molar-refractivity contribution is 0.653. The number of nitrogen functional groups attached to an aromatic ring is 1. The average molecular weight is 302 g/mol. The van der Waals surface area contributed by atoms with Crippen LogP contribution in [0.15, 0.2) is 42.5 Å². The summed E-state index contributed by atoms with van der Waals surface area (Å²) in [5, 5.41) is 0.793. The van der Waals surface area contributed by atoms with Crippen LogP contribution >= 0.6 is 11.6 Å². The second kappa shape index (κ2) is 5.86. The Hall–Kier alpha value is -1.87. The molecule has 1 fully saturated rings. The number of hydrogen-bond acceptors (Lipinski definition) is 3. The lowest BCUT2D eigenvalue weighted by Gasteiger charge is -2.37. The fraction of sp³-hybridized carbons (Fsp3) is 0.294. The van der Waals surface area contributed by atoms with Crippen LogP contribution < -0.4 is 15.5 Å². The number of aryl methyl sites for hydroxylation is 1. The summed E-state index contributed by atoms with van der Waals surface area (Å²) in [6.45, 7) is 6.06. The maximum atomic E-state index is 6.07. The number of halogens is 1. The highest BCUT2D eigenvalue weighted by atomic mass is 35.5. The molecule has 2 N–H and O–H groups in total. The fourth-order valence-corrected chi connectivity index (χ4v) is 3.05. The molecule has 0 spiro atoms. The third-order valence-corrected chi connectivity index (χ3v) is 4.14. The standard InChI is InChI=1S/C17H20ClN3/c1-13-9-15(19)12-17(10-13)21-7-5-20(6-8-21)16-4-2-3-14(18)11-16/h2-4,9-12H,5-8,19H2,1H3. The molecule has 21 heavy (non-hydrogen) atoms. The highest BCUT2D eigenvalue weighted by Crippen LogP contribution is 2.25. The quantitative estimate of drug-likeness (QED) is 0.861. The van der Waals surface area contributed by atoms with E-state index < -0.39 is 0 Å². The second-order valence-corrected chi connectivity index (χ2v) is 5.99. The molecule has 0 amide bonds. The van der Waals surface area contributed by atoms with Crippen molar-refractivity contribution in [2.75, 3.05) is 41.7 Å². The molecule has 4 heteroatoms. The molecule has 3 rings (SSSR count). The minimum absolute atomic E-state index is 0.793. The fourth-order valence-electron chi connectivity index (χ4n) is 2.87. The number of nitrogens with two attached hydrogens (primary N) is 1. The molecule has 0 aliphatic carbocycles. The molecule has 1 heterocycles. The van der Waals surface area contributed by atoms with Crippen LogP contribution in [0.1, 0.15) is 5.56 Å². The average Bonchev–Trinajstić information content (AvgIpc) is 2.46. The maximum absolute atomic E-state index is 6.07. The van der Waals surface area contributed by atoms with Gasteiger partial charge in [0.1, 0.15) is 0 Å². The zero-order valence-electron chi connectivity index (χ0n) is 12.2. The Labute approximate surface area is 130 Å². The van der Waals surface area contributed by atoms with Gasteiger partial charge in [0, 0.05) is 48.3 Å². The minimum atomic E-state index is 0.793. The van der Waals surface area contributed by atoms with Gasteiger partial charge in [0.2, 0.25) is 0 Å². The SMILES string of the molecule is Cc1cc(N)cc(N2CCN(c3cccc(Cl)c3)CC2)c1. The van der Waals surface area contributed by atoms with Gasteiger partial charge in [-0.2, -0.15) is 0 Å². The molecule has 0 radical (unpaired) electrons. The van der Waals surface area contributed by atoms with Crippen molar-refractivity contribution in [1.82, 2.24) is 0 Å². The van der Waals surface area contributed by atoms with E-state index >= 15 is 0 Å². The van der Waals surface area contributed by atoms with Crippen molar-refractivity contribution < 1.29 is 0 Å². The maximum Gasteiger partial charge on any atom is 0.0426 e. The molecule has 0 atom stereocenters. The summed E-state index contributed by atoms with van der Waals surface area (Å²) < 4.78 is 0. The van der Waals surface area contributed by atoms with Gasteiger partial charge in [-0.05, 0) is 48.9 Å². The van der Waals surface area contributed by atoms with Gasteiger partial charge in [0.25, 0.3) is 0 Å². The molecule has 2 aromatic rings. The molecule has 0 bridgehead atoms. The Balaban J connectivity index is 1.70. The van der Waals surface area contributed by atoms with Crippen LogP contribution in [0.3, 0.4) is 0 Å². The minimum Gasteiger partial charge on any atom is -0.399 e. The molecule has 0 saturated carbocycles. The van der Waals surface area contributed by atoms with Crippen molar-refractivity contribution >= 4 is 28.7 Å². The van der Waals surface area contributed by atoms with E-state index in [4.69, 9.17) is 17.3 Å². The van der Waals surface area contributed by atoms with E-state index in [1.807, 2.05) is 24.3 Å². The first-order valence-corrected chi connectivity index (χ1v) is 7.62. The summed E-state index contributed by atoms with van der Waals surface area (Å²) in [5.41, 5.74) is 10.4. The number of benzene rings is 2. The predicted octanol–water partition coefficient (Wildman–Crippen LogP) is 3.56. The second-order valence-electron chi connectivity index (χ2n) is 5.56. The number of piperazine rings is 1. The van der Waals surface area contributed by atoms with Gasteiger partial charge in [-0.15, -0.1) is 0 Å². The van der Waals surface area contributed by atoms with Crippen LogP contribution in [-0.4, -0.2) is 26.2 Å². The first-order valence-electron chi connectivity index (χ1n) is 7.24. The van der Waals surface area contributed by atoms with Crippen molar-refractivity contribution in [2.45, 2.75) is 6.92 Å². The van der Waals surface area contributed by atoms with E-state index in [1.165, 1.54) is 16.9 Å². The van der Waals surface area contributed by atoms with Crippen LogP contribution in [-0.2, 0) is 0 Å². The van der Waals surface area contributed by atoms with Gasteiger partial charge in [0.15, 0.2) is 0 Å². The summed E-state index contributed by atoms with van der Waals surface area (Å²) >= 11 is 6.07. The van der Waals surface area contributed by atoms with E-state index in [0.29, 0.717) is 0 Å². The Bertz CT molecular complexity index is 613. The number of anilines is 3. The lowest BCUT2D eigenvalue weighted by atomic mass is 10.1. The van der Waals surface area contributed by atoms with Crippen LogP contribution in [0, 0.1) is 6.92 Å². The largest absolute Gasteiger partial charge is 0.399 e. The first-order chi connectivity index (χ1) is 10.1. The molecular formula is C17H20ClN3. The molecule has 0 aromatic heterocycles.